The van der Waals surface area contributed by atoms with Gasteiger partial charge in [0.15, 0.2) is 5.82 Å². The van der Waals surface area contributed by atoms with Crippen LogP contribution in [-0.4, -0.2) is 15.0 Å². The van der Waals surface area contributed by atoms with E-state index in [0.717, 1.165) is 22.4 Å². The molecular formula is C16H16ClIN4. The molecule has 114 valence electrons. The molecule has 4 nitrogen and oxygen atoms in total. The molecule has 0 unspecified atom stereocenters. The van der Waals surface area contributed by atoms with Crippen LogP contribution < -0.4 is 5.32 Å². The highest BCUT2D eigenvalue weighted by Gasteiger charge is 2.14. The van der Waals surface area contributed by atoms with E-state index in [0.29, 0.717) is 12.5 Å². The summed E-state index contributed by atoms with van der Waals surface area (Å²) in [5, 5.41) is 3.61. The van der Waals surface area contributed by atoms with Gasteiger partial charge in [-0.2, -0.15) is 4.98 Å². The Morgan fingerprint density at radius 3 is 2.64 bits per heavy atom. The number of aromatic nitrogens is 3. The summed E-state index contributed by atoms with van der Waals surface area (Å²) in [7, 11) is 0. The van der Waals surface area contributed by atoms with E-state index < -0.39 is 0 Å². The Kier molecular flexibility index (Phi) is 4.54. The Labute approximate surface area is 147 Å². The Morgan fingerprint density at radius 1 is 1.23 bits per heavy atom. The Hall–Kier alpha value is -1.34. The number of aromatic amines is 1. The third kappa shape index (κ3) is 3.20. The van der Waals surface area contributed by atoms with Crippen LogP contribution in [0.5, 0.6) is 0 Å². The molecule has 0 amide bonds. The first-order chi connectivity index (χ1) is 10.5. The van der Waals surface area contributed by atoms with Gasteiger partial charge in [-0.05, 0) is 63.4 Å². The summed E-state index contributed by atoms with van der Waals surface area (Å²) in [6.07, 6.45) is 1.98. The van der Waals surface area contributed by atoms with Crippen molar-refractivity contribution in [3.05, 3.63) is 50.4 Å². The molecule has 0 saturated carbocycles. The molecule has 2 N–H and O–H groups in total. The third-order valence-corrected chi connectivity index (χ3v) is 4.41. The minimum atomic E-state index is 0.263. The van der Waals surface area contributed by atoms with Crippen LogP contribution >= 0.6 is 34.2 Å². The number of hydrogen-bond donors (Lipinski definition) is 2. The van der Waals surface area contributed by atoms with Crippen molar-refractivity contribution >= 4 is 51.0 Å². The third-order valence-electron chi connectivity index (χ3n) is 3.52. The van der Waals surface area contributed by atoms with Gasteiger partial charge < -0.3 is 10.3 Å². The minimum Gasteiger partial charge on any atom is -0.364 e. The molecule has 0 radical (unpaired) electrons. The molecule has 0 aliphatic heterocycles. The fourth-order valence-corrected chi connectivity index (χ4v) is 2.88. The van der Waals surface area contributed by atoms with Gasteiger partial charge in [0.05, 0.1) is 5.52 Å². The van der Waals surface area contributed by atoms with E-state index in [4.69, 9.17) is 11.6 Å². The zero-order chi connectivity index (χ0) is 15.7. The molecule has 0 bridgehead atoms. The molecule has 0 saturated heterocycles. The first-order valence-electron chi connectivity index (χ1n) is 7.07. The SMILES string of the molecule is CC(C)c1c[nH]c2c(NCc3ccc(I)cc3)nc(Cl)nc12. The van der Waals surface area contributed by atoms with Gasteiger partial charge in [-0.3, -0.25) is 0 Å². The monoisotopic (exact) mass is 426 g/mol. The van der Waals surface area contributed by atoms with E-state index in [-0.39, 0.29) is 5.28 Å². The molecule has 22 heavy (non-hydrogen) atoms. The van der Waals surface area contributed by atoms with Crippen molar-refractivity contribution in [2.45, 2.75) is 26.3 Å². The summed E-state index contributed by atoms with van der Waals surface area (Å²) < 4.78 is 1.22. The van der Waals surface area contributed by atoms with Gasteiger partial charge in [0.25, 0.3) is 0 Å². The van der Waals surface area contributed by atoms with Crippen molar-refractivity contribution in [3.63, 3.8) is 0 Å². The number of benzene rings is 1. The normalized spacial score (nSPS) is 11.3. The average molecular weight is 427 g/mol. The molecule has 2 heterocycles. The van der Waals surface area contributed by atoms with E-state index in [1.165, 1.54) is 9.13 Å². The van der Waals surface area contributed by atoms with Crippen LogP contribution in [0.1, 0.15) is 30.9 Å². The van der Waals surface area contributed by atoms with Crippen LogP contribution in [0.2, 0.25) is 5.28 Å². The maximum Gasteiger partial charge on any atom is 0.225 e. The average Bonchev–Trinajstić information content (AvgIpc) is 2.90. The molecule has 3 aromatic rings. The molecule has 6 heteroatoms. The number of nitrogens with zero attached hydrogens (tertiary/aromatic N) is 2. The topological polar surface area (TPSA) is 53.6 Å². The van der Waals surface area contributed by atoms with E-state index in [1.54, 1.807) is 0 Å². The number of nitrogens with one attached hydrogen (secondary N) is 2. The van der Waals surface area contributed by atoms with Gasteiger partial charge in [0.1, 0.15) is 5.52 Å². The quantitative estimate of drug-likeness (QED) is 0.458. The molecule has 3 rings (SSSR count). The van der Waals surface area contributed by atoms with Gasteiger partial charge >= 0.3 is 0 Å². The highest BCUT2D eigenvalue weighted by atomic mass is 127. The minimum absolute atomic E-state index is 0.263. The molecule has 0 spiro atoms. The summed E-state index contributed by atoms with van der Waals surface area (Å²) in [6.45, 7) is 4.96. The van der Waals surface area contributed by atoms with Gasteiger partial charge in [-0.1, -0.05) is 26.0 Å². The number of halogens is 2. The van der Waals surface area contributed by atoms with Crippen LogP contribution in [0.3, 0.4) is 0 Å². The lowest BCUT2D eigenvalue weighted by molar-refractivity contribution is 0.872. The molecule has 0 aliphatic rings. The van der Waals surface area contributed by atoms with Crippen molar-refractivity contribution in [1.82, 2.24) is 15.0 Å². The molecule has 0 aliphatic carbocycles. The predicted octanol–water partition coefficient (Wildman–Crippen LogP) is 4.95. The first kappa shape index (κ1) is 15.6. The fourth-order valence-electron chi connectivity index (χ4n) is 2.35. The Bertz CT molecular complexity index is 796. The maximum atomic E-state index is 6.08. The number of H-pyrrole nitrogens is 1. The molecule has 0 fully saturated rings. The van der Waals surface area contributed by atoms with E-state index in [2.05, 4.69) is 81.0 Å². The largest absolute Gasteiger partial charge is 0.364 e. The number of rotatable bonds is 4. The van der Waals surface area contributed by atoms with Crippen molar-refractivity contribution in [2.75, 3.05) is 5.32 Å². The van der Waals surface area contributed by atoms with Crippen molar-refractivity contribution in [3.8, 4) is 0 Å². The lowest BCUT2D eigenvalue weighted by Crippen LogP contribution is -2.03. The smallest absolute Gasteiger partial charge is 0.225 e. The molecule has 0 atom stereocenters. The molecule has 2 aromatic heterocycles. The summed E-state index contributed by atoms with van der Waals surface area (Å²) in [5.74, 6) is 1.12. The number of hydrogen-bond acceptors (Lipinski definition) is 3. The fraction of sp³-hybridized carbons (Fsp3) is 0.250. The van der Waals surface area contributed by atoms with E-state index in [1.807, 2.05) is 6.20 Å². The Morgan fingerprint density at radius 2 is 1.95 bits per heavy atom. The molecular weight excluding hydrogens is 411 g/mol. The molecule has 1 aromatic carbocycles. The van der Waals surface area contributed by atoms with Gasteiger partial charge in [-0.25, -0.2) is 4.98 Å². The highest BCUT2D eigenvalue weighted by molar-refractivity contribution is 14.1. The summed E-state index contributed by atoms with van der Waals surface area (Å²) in [6, 6.07) is 8.38. The second-order valence-electron chi connectivity index (χ2n) is 5.44. The summed E-state index contributed by atoms with van der Waals surface area (Å²) in [4.78, 5) is 11.9. The van der Waals surface area contributed by atoms with Gasteiger partial charge in [0.2, 0.25) is 5.28 Å². The van der Waals surface area contributed by atoms with Crippen molar-refractivity contribution in [1.29, 1.82) is 0 Å². The van der Waals surface area contributed by atoms with E-state index in [9.17, 15) is 0 Å². The van der Waals surface area contributed by atoms with Crippen LogP contribution in [0, 0.1) is 3.57 Å². The van der Waals surface area contributed by atoms with Gasteiger partial charge in [0, 0.05) is 16.3 Å². The first-order valence-corrected chi connectivity index (χ1v) is 8.53. The summed E-state index contributed by atoms with van der Waals surface area (Å²) in [5.41, 5.74) is 4.13. The number of fused-ring (bicyclic) bond motifs is 1. The zero-order valence-electron chi connectivity index (χ0n) is 12.3. The highest BCUT2D eigenvalue weighted by Crippen LogP contribution is 2.28. The Balaban J connectivity index is 1.91. The second kappa shape index (κ2) is 6.42. The van der Waals surface area contributed by atoms with E-state index >= 15 is 0 Å². The lowest BCUT2D eigenvalue weighted by Gasteiger charge is -2.08. The lowest BCUT2D eigenvalue weighted by atomic mass is 10.1. The summed E-state index contributed by atoms with van der Waals surface area (Å²) >= 11 is 8.38. The zero-order valence-corrected chi connectivity index (χ0v) is 15.2. The second-order valence-corrected chi connectivity index (χ2v) is 7.03. The van der Waals surface area contributed by atoms with Crippen molar-refractivity contribution < 1.29 is 0 Å². The van der Waals surface area contributed by atoms with Crippen molar-refractivity contribution in [2.24, 2.45) is 0 Å². The van der Waals surface area contributed by atoms with Crippen LogP contribution in [0.25, 0.3) is 11.0 Å². The van der Waals surface area contributed by atoms with Crippen LogP contribution in [0.15, 0.2) is 30.5 Å². The van der Waals surface area contributed by atoms with Crippen LogP contribution in [-0.2, 0) is 6.54 Å². The maximum absolute atomic E-state index is 6.08. The number of anilines is 1. The van der Waals surface area contributed by atoms with Crippen LogP contribution in [0.4, 0.5) is 5.82 Å². The van der Waals surface area contributed by atoms with Gasteiger partial charge in [-0.15, -0.1) is 0 Å². The standard InChI is InChI=1S/C16H16ClIN4/c1-9(2)12-8-19-14-13(12)21-16(17)22-15(14)20-7-10-3-5-11(18)6-4-10/h3-6,8-9,19H,7H2,1-2H3,(H,20,21,22). The predicted molar refractivity (Wildman–Crippen MR) is 99.5 cm³/mol.